The molecule has 0 unspecified atom stereocenters. The number of benzene rings is 1. The summed E-state index contributed by atoms with van der Waals surface area (Å²) in [6.07, 6.45) is 3.62. The second-order valence-electron chi connectivity index (χ2n) is 4.40. The molecule has 1 saturated carbocycles. The molecule has 0 heterocycles. The van der Waals surface area contributed by atoms with E-state index >= 15 is 0 Å². The molecule has 0 radical (unpaired) electrons. The second-order valence-corrected chi connectivity index (χ2v) is 6.98. The average molecular weight is 300 g/mol. The molecule has 0 bridgehead atoms. The standard InChI is InChI=1S/C12H16N2O3S2/c1-18-8-12(15)13-10-3-2-4-11(7-10)19(16,17)14-9-5-6-9/h2-4,7,9,14H,5-6,8H2,1H3,(H,13,15). The molecule has 2 N–H and O–H groups in total. The zero-order chi connectivity index (χ0) is 13.9. The third-order valence-corrected chi connectivity index (χ3v) is 4.67. The van der Waals surface area contributed by atoms with Gasteiger partial charge < -0.3 is 5.32 Å². The maximum absolute atomic E-state index is 12.0. The molecule has 104 valence electrons. The van der Waals surface area contributed by atoms with E-state index in [4.69, 9.17) is 0 Å². The zero-order valence-corrected chi connectivity index (χ0v) is 12.2. The first-order chi connectivity index (χ1) is 9.01. The van der Waals surface area contributed by atoms with Crippen molar-refractivity contribution in [1.29, 1.82) is 0 Å². The molecule has 1 aliphatic carbocycles. The largest absolute Gasteiger partial charge is 0.325 e. The fraction of sp³-hybridized carbons (Fsp3) is 0.417. The Kier molecular flexibility index (Phi) is 4.49. The molecule has 0 aliphatic heterocycles. The van der Waals surface area contributed by atoms with Gasteiger partial charge in [-0.2, -0.15) is 11.8 Å². The maximum Gasteiger partial charge on any atom is 0.240 e. The van der Waals surface area contributed by atoms with E-state index in [0.29, 0.717) is 11.4 Å². The monoisotopic (exact) mass is 300 g/mol. The molecule has 1 aromatic carbocycles. The predicted molar refractivity (Wildman–Crippen MR) is 76.8 cm³/mol. The Morgan fingerprint density at radius 2 is 2.16 bits per heavy atom. The number of hydrogen-bond acceptors (Lipinski definition) is 4. The van der Waals surface area contributed by atoms with Gasteiger partial charge in [-0.15, -0.1) is 0 Å². The summed E-state index contributed by atoms with van der Waals surface area (Å²) in [5.74, 6) is 0.203. The Bertz CT molecular complexity index is 568. The molecule has 1 fully saturated rings. The summed E-state index contributed by atoms with van der Waals surface area (Å²) in [4.78, 5) is 11.6. The van der Waals surface area contributed by atoms with Gasteiger partial charge in [0.1, 0.15) is 0 Å². The number of amides is 1. The molecule has 0 atom stereocenters. The third kappa shape index (κ3) is 4.22. The summed E-state index contributed by atoms with van der Waals surface area (Å²) < 4.78 is 26.6. The molecule has 19 heavy (non-hydrogen) atoms. The minimum Gasteiger partial charge on any atom is -0.325 e. The normalized spacial score (nSPS) is 15.2. The smallest absolute Gasteiger partial charge is 0.240 e. The van der Waals surface area contributed by atoms with E-state index in [1.807, 2.05) is 6.26 Å². The van der Waals surface area contributed by atoms with Crippen molar-refractivity contribution in [3.63, 3.8) is 0 Å². The highest BCUT2D eigenvalue weighted by Crippen LogP contribution is 2.23. The van der Waals surface area contributed by atoms with E-state index < -0.39 is 10.0 Å². The van der Waals surface area contributed by atoms with Crippen LogP contribution in [0.3, 0.4) is 0 Å². The van der Waals surface area contributed by atoms with Crippen LogP contribution in [-0.4, -0.2) is 32.4 Å². The van der Waals surface area contributed by atoms with Crippen LogP contribution in [0.4, 0.5) is 5.69 Å². The highest BCUT2D eigenvalue weighted by molar-refractivity contribution is 7.99. The minimum atomic E-state index is -3.47. The van der Waals surface area contributed by atoms with Crippen LogP contribution in [0, 0.1) is 0 Å². The lowest BCUT2D eigenvalue weighted by Gasteiger charge is -2.08. The predicted octanol–water partition coefficient (Wildman–Crippen LogP) is 1.43. The highest BCUT2D eigenvalue weighted by Gasteiger charge is 2.28. The van der Waals surface area contributed by atoms with Crippen molar-refractivity contribution in [1.82, 2.24) is 4.72 Å². The van der Waals surface area contributed by atoms with Gasteiger partial charge in [0.05, 0.1) is 10.6 Å². The van der Waals surface area contributed by atoms with Crippen LogP contribution in [-0.2, 0) is 14.8 Å². The summed E-state index contributed by atoms with van der Waals surface area (Å²) in [6, 6.07) is 6.36. The Labute approximate surface area is 117 Å². The zero-order valence-electron chi connectivity index (χ0n) is 10.5. The Balaban J connectivity index is 2.11. The average Bonchev–Trinajstić information content (AvgIpc) is 3.13. The van der Waals surface area contributed by atoms with E-state index in [0.717, 1.165) is 12.8 Å². The van der Waals surface area contributed by atoms with Crippen LogP contribution in [0.25, 0.3) is 0 Å². The lowest BCUT2D eigenvalue weighted by atomic mass is 10.3. The van der Waals surface area contributed by atoms with Crippen LogP contribution < -0.4 is 10.0 Å². The van der Waals surface area contributed by atoms with Crippen LogP contribution in [0.15, 0.2) is 29.2 Å². The summed E-state index contributed by atoms with van der Waals surface area (Å²) in [5, 5.41) is 2.67. The van der Waals surface area contributed by atoms with Crippen molar-refractivity contribution < 1.29 is 13.2 Å². The van der Waals surface area contributed by atoms with Crippen molar-refractivity contribution in [3.05, 3.63) is 24.3 Å². The van der Waals surface area contributed by atoms with Gasteiger partial charge in [0, 0.05) is 11.7 Å². The molecule has 0 spiro atoms. The quantitative estimate of drug-likeness (QED) is 0.833. The fourth-order valence-electron chi connectivity index (χ4n) is 1.56. The van der Waals surface area contributed by atoms with Gasteiger partial charge >= 0.3 is 0 Å². The molecule has 2 rings (SSSR count). The summed E-state index contributed by atoms with van der Waals surface area (Å²) in [6.45, 7) is 0. The van der Waals surface area contributed by atoms with Crippen molar-refractivity contribution in [3.8, 4) is 0 Å². The Hall–Kier alpha value is -1.05. The number of rotatable bonds is 6. The van der Waals surface area contributed by atoms with Crippen LogP contribution in [0.1, 0.15) is 12.8 Å². The molecule has 0 aromatic heterocycles. The third-order valence-electron chi connectivity index (χ3n) is 2.60. The van der Waals surface area contributed by atoms with Gasteiger partial charge in [-0.25, -0.2) is 13.1 Å². The number of hydrogen-bond donors (Lipinski definition) is 2. The first-order valence-electron chi connectivity index (χ1n) is 5.92. The van der Waals surface area contributed by atoms with Crippen LogP contribution in [0.5, 0.6) is 0 Å². The summed E-state index contributed by atoms with van der Waals surface area (Å²) in [7, 11) is -3.47. The second kappa shape index (κ2) is 5.94. The topological polar surface area (TPSA) is 75.3 Å². The van der Waals surface area contributed by atoms with Crippen molar-refractivity contribution in [2.45, 2.75) is 23.8 Å². The van der Waals surface area contributed by atoms with Gasteiger partial charge in [0.15, 0.2) is 0 Å². The molecular weight excluding hydrogens is 284 g/mol. The fourth-order valence-corrected chi connectivity index (χ4v) is 3.24. The Morgan fingerprint density at radius 3 is 2.79 bits per heavy atom. The molecule has 0 saturated heterocycles. The first-order valence-corrected chi connectivity index (χ1v) is 8.80. The number of nitrogens with one attached hydrogen (secondary N) is 2. The van der Waals surface area contributed by atoms with Crippen LogP contribution in [0.2, 0.25) is 0 Å². The molecule has 1 aliphatic rings. The number of sulfonamides is 1. The lowest BCUT2D eigenvalue weighted by molar-refractivity contribution is -0.113. The van der Waals surface area contributed by atoms with Crippen molar-refractivity contribution in [2.75, 3.05) is 17.3 Å². The van der Waals surface area contributed by atoms with E-state index in [1.54, 1.807) is 12.1 Å². The van der Waals surface area contributed by atoms with E-state index in [9.17, 15) is 13.2 Å². The van der Waals surface area contributed by atoms with Crippen LogP contribution >= 0.6 is 11.8 Å². The molecule has 1 amide bonds. The maximum atomic E-state index is 12.0. The summed E-state index contributed by atoms with van der Waals surface area (Å²) >= 11 is 1.41. The minimum absolute atomic E-state index is 0.0692. The van der Waals surface area contributed by atoms with Gasteiger partial charge in [0.25, 0.3) is 0 Å². The van der Waals surface area contributed by atoms with E-state index in [2.05, 4.69) is 10.0 Å². The SMILES string of the molecule is CSCC(=O)Nc1cccc(S(=O)(=O)NC2CC2)c1. The molecular formula is C12H16N2O3S2. The van der Waals surface area contributed by atoms with Crippen molar-refractivity contribution in [2.24, 2.45) is 0 Å². The van der Waals surface area contributed by atoms with Gasteiger partial charge in [-0.05, 0) is 37.3 Å². The molecule has 7 heteroatoms. The number of carbonyl (C=O) groups excluding carboxylic acids is 1. The number of carbonyl (C=O) groups is 1. The Morgan fingerprint density at radius 1 is 1.42 bits per heavy atom. The highest BCUT2D eigenvalue weighted by atomic mass is 32.2. The molecule has 1 aromatic rings. The van der Waals surface area contributed by atoms with Gasteiger partial charge in [0.2, 0.25) is 15.9 Å². The first kappa shape index (κ1) is 14.4. The van der Waals surface area contributed by atoms with E-state index in [1.165, 1.54) is 23.9 Å². The number of anilines is 1. The number of thioether (sulfide) groups is 1. The van der Waals surface area contributed by atoms with E-state index in [-0.39, 0.29) is 16.8 Å². The summed E-state index contributed by atoms with van der Waals surface area (Å²) in [5.41, 5.74) is 0.498. The van der Waals surface area contributed by atoms with Gasteiger partial charge in [-0.3, -0.25) is 4.79 Å². The van der Waals surface area contributed by atoms with Crippen molar-refractivity contribution >= 4 is 33.4 Å². The lowest BCUT2D eigenvalue weighted by Crippen LogP contribution is -2.25. The molecule has 5 nitrogen and oxygen atoms in total. The van der Waals surface area contributed by atoms with Gasteiger partial charge in [-0.1, -0.05) is 6.07 Å².